The molecule has 0 saturated heterocycles. The zero-order chi connectivity index (χ0) is 13.4. The Bertz CT molecular complexity index is 736. The number of rotatable bonds is 2. The van der Waals surface area contributed by atoms with Crippen LogP contribution in [-0.4, -0.2) is 5.11 Å². The number of benzene rings is 2. The normalized spacial score (nSPS) is 12.8. The summed E-state index contributed by atoms with van der Waals surface area (Å²) in [6.45, 7) is 0. The number of thiophene rings is 1. The highest BCUT2D eigenvalue weighted by Crippen LogP contribution is 2.36. The Balaban J connectivity index is 2.13. The molecule has 1 N–H and O–H groups in total. The monoisotopic (exact) mass is 308 g/mol. The molecule has 0 aliphatic rings. The number of fused-ring (bicyclic) bond motifs is 1. The van der Waals surface area contributed by atoms with Crippen LogP contribution in [0.5, 0.6) is 0 Å². The van der Waals surface area contributed by atoms with Crippen molar-refractivity contribution in [1.82, 2.24) is 0 Å². The standard InChI is InChI=1S/C15H10Cl2OS/c16-9-5-6-13(17)11(7-9)15(18)12-8-19-14-4-2-1-3-10(12)14/h1-8,15,18H. The van der Waals surface area contributed by atoms with E-state index in [4.69, 9.17) is 23.2 Å². The molecule has 96 valence electrons. The fourth-order valence-electron chi connectivity index (χ4n) is 2.10. The Hall–Kier alpha value is -1.06. The summed E-state index contributed by atoms with van der Waals surface area (Å²) >= 11 is 13.7. The van der Waals surface area contributed by atoms with Crippen LogP contribution >= 0.6 is 34.5 Å². The van der Waals surface area contributed by atoms with Gasteiger partial charge < -0.3 is 5.11 Å². The fraction of sp³-hybridized carbons (Fsp3) is 0.0667. The van der Waals surface area contributed by atoms with Gasteiger partial charge in [-0.15, -0.1) is 11.3 Å². The van der Waals surface area contributed by atoms with Crippen molar-refractivity contribution >= 4 is 44.6 Å². The quantitative estimate of drug-likeness (QED) is 0.682. The summed E-state index contributed by atoms with van der Waals surface area (Å²) in [4.78, 5) is 0. The van der Waals surface area contributed by atoms with Crippen LogP contribution in [0.2, 0.25) is 10.0 Å². The van der Waals surface area contributed by atoms with E-state index in [1.54, 1.807) is 29.5 Å². The molecule has 1 unspecified atom stereocenters. The van der Waals surface area contributed by atoms with Gasteiger partial charge in [0.1, 0.15) is 6.10 Å². The maximum absolute atomic E-state index is 10.5. The molecule has 3 aromatic rings. The highest BCUT2D eigenvalue weighted by Gasteiger charge is 2.18. The molecular weight excluding hydrogens is 299 g/mol. The molecular formula is C15H10Cl2OS. The fourth-order valence-corrected chi connectivity index (χ4v) is 3.48. The Morgan fingerprint density at radius 1 is 1.00 bits per heavy atom. The summed E-state index contributed by atoms with van der Waals surface area (Å²) in [5.74, 6) is 0. The van der Waals surface area contributed by atoms with Gasteiger partial charge in [0.25, 0.3) is 0 Å². The lowest BCUT2D eigenvalue weighted by Crippen LogP contribution is -1.99. The first-order valence-corrected chi connectivity index (χ1v) is 7.39. The third-order valence-electron chi connectivity index (χ3n) is 3.06. The lowest BCUT2D eigenvalue weighted by molar-refractivity contribution is 0.222. The molecule has 0 aliphatic heterocycles. The van der Waals surface area contributed by atoms with E-state index < -0.39 is 6.10 Å². The smallest absolute Gasteiger partial charge is 0.107 e. The summed E-state index contributed by atoms with van der Waals surface area (Å²) in [7, 11) is 0. The van der Waals surface area contributed by atoms with E-state index in [1.807, 2.05) is 29.6 Å². The van der Waals surface area contributed by atoms with Crippen LogP contribution in [0.25, 0.3) is 10.1 Å². The minimum absolute atomic E-state index is 0.521. The van der Waals surface area contributed by atoms with Crippen molar-refractivity contribution < 1.29 is 5.11 Å². The molecule has 0 amide bonds. The molecule has 2 aromatic carbocycles. The van der Waals surface area contributed by atoms with Gasteiger partial charge in [-0.2, -0.15) is 0 Å². The molecule has 0 aliphatic carbocycles. The Morgan fingerprint density at radius 2 is 1.79 bits per heavy atom. The lowest BCUT2D eigenvalue weighted by atomic mass is 10.0. The molecule has 0 radical (unpaired) electrons. The average Bonchev–Trinajstić information content (AvgIpc) is 2.84. The van der Waals surface area contributed by atoms with Crippen LogP contribution in [-0.2, 0) is 0 Å². The second-order valence-electron chi connectivity index (χ2n) is 4.26. The summed E-state index contributed by atoms with van der Waals surface area (Å²) in [6.07, 6.45) is -0.762. The number of aliphatic hydroxyl groups is 1. The molecule has 1 aromatic heterocycles. The van der Waals surface area contributed by atoms with Gasteiger partial charge in [0.2, 0.25) is 0 Å². The van der Waals surface area contributed by atoms with Gasteiger partial charge in [-0.05, 0) is 35.0 Å². The summed E-state index contributed by atoms with van der Waals surface area (Å²) in [6, 6.07) is 13.1. The lowest BCUT2D eigenvalue weighted by Gasteiger charge is -2.12. The van der Waals surface area contributed by atoms with Crippen molar-refractivity contribution in [2.45, 2.75) is 6.10 Å². The highest BCUT2D eigenvalue weighted by atomic mass is 35.5. The molecule has 1 atom stereocenters. The van der Waals surface area contributed by atoms with E-state index in [-0.39, 0.29) is 0 Å². The van der Waals surface area contributed by atoms with E-state index in [1.165, 1.54) is 0 Å². The van der Waals surface area contributed by atoms with E-state index in [0.717, 1.165) is 15.6 Å². The third kappa shape index (κ3) is 2.37. The third-order valence-corrected chi connectivity index (χ3v) is 4.62. The largest absolute Gasteiger partial charge is 0.384 e. The van der Waals surface area contributed by atoms with Crippen LogP contribution in [0.1, 0.15) is 17.2 Å². The summed E-state index contributed by atoms with van der Waals surface area (Å²) in [5, 5.41) is 14.7. The molecule has 0 saturated carbocycles. The van der Waals surface area contributed by atoms with Gasteiger partial charge >= 0.3 is 0 Å². The maximum atomic E-state index is 10.5. The molecule has 0 spiro atoms. The van der Waals surface area contributed by atoms with Crippen LogP contribution in [0.4, 0.5) is 0 Å². The molecule has 4 heteroatoms. The van der Waals surface area contributed by atoms with Crippen molar-refractivity contribution in [1.29, 1.82) is 0 Å². The second kappa shape index (κ2) is 5.14. The predicted molar refractivity (Wildman–Crippen MR) is 82.3 cm³/mol. The van der Waals surface area contributed by atoms with Crippen LogP contribution in [0, 0.1) is 0 Å². The summed E-state index contributed by atoms with van der Waals surface area (Å²) < 4.78 is 1.15. The maximum Gasteiger partial charge on any atom is 0.107 e. The summed E-state index contributed by atoms with van der Waals surface area (Å²) in [5.41, 5.74) is 1.50. The zero-order valence-electron chi connectivity index (χ0n) is 9.81. The molecule has 3 rings (SSSR count). The average molecular weight is 309 g/mol. The first-order valence-electron chi connectivity index (χ1n) is 5.76. The Morgan fingerprint density at radius 3 is 2.63 bits per heavy atom. The molecule has 1 nitrogen and oxygen atoms in total. The highest BCUT2D eigenvalue weighted by molar-refractivity contribution is 7.17. The van der Waals surface area contributed by atoms with Gasteiger partial charge in [-0.1, -0.05) is 41.4 Å². The van der Waals surface area contributed by atoms with Gasteiger partial charge in [-0.3, -0.25) is 0 Å². The number of aliphatic hydroxyl groups excluding tert-OH is 1. The zero-order valence-corrected chi connectivity index (χ0v) is 12.1. The van der Waals surface area contributed by atoms with Crippen molar-refractivity contribution in [3.05, 3.63) is 69.0 Å². The van der Waals surface area contributed by atoms with Crippen LogP contribution < -0.4 is 0 Å². The van der Waals surface area contributed by atoms with E-state index in [0.29, 0.717) is 15.6 Å². The van der Waals surface area contributed by atoms with Gasteiger partial charge in [0.05, 0.1) is 0 Å². The van der Waals surface area contributed by atoms with Crippen molar-refractivity contribution in [3.63, 3.8) is 0 Å². The predicted octanol–water partition coefficient (Wildman–Crippen LogP) is 5.29. The number of halogens is 2. The number of hydrogen-bond donors (Lipinski definition) is 1. The van der Waals surface area contributed by atoms with Crippen LogP contribution in [0.3, 0.4) is 0 Å². The molecule has 1 heterocycles. The van der Waals surface area contributed by atoms with E-state index >= 15 is 0 Å². The Labute approximate surface area is 125 Å². The SMILES string of the molecule is OC(c1cc(Cl)ccc1Cl)c1csc2ccccc12. The Kier molecular flexibility index (Phi) is 3.50. The van der Waals surface area contributed by atoms with E-state index in [2.05, 4.69) is 0 Å². The molecule has 0 bridgehead atoms. The van der Waals surface area contributed by atoms with E-state index in [9.17, 15) is 5.11 Å². The van der Waals surface area contributed by atoms with Gasteiger partial charge in [0, 0.05) is 25.9 Å². The van der Waals surface area contributed by atoms with Crippen molar-refractivity contribution in [2.24, 2.45) is 0 Å². The first-order chi connectivity index (χ1) is 9.16. The number of hydrogen-bond acceptors (Lipinski definition) is 2. The minimum Gasteiger partial charge on any atom is -0.384 e. The van der Waals surface area contributed by atoms with Gasteiger partial charge in [-0.25, -0.2) is 0 Å². The first kappa shape index (κ1) is 12.9. The van der Waals surface area contributed by atoms with Crippen molar-refractivity contribution in [2.75, 3.05) is 0 Å². The van der Waals surface area contributed by atoms with Crippen molar-refractivity contribution in [3.8, 4) is 0 Å². The molecule has 19 heavy (non-hydrogen) atoms. The second-order valence-corrected chi connectivity index (χ2v) is 6.01. The molecule has 0 fully saturated rings. The topological polar surface area (TPSA) is 20.2 Å². The van der Waals surface area contributed by atoms with Gasteiger partial charge in [0.15, 0.2) is 0 Å². The van der Waals surface area contributed by atoms with Crippen LogP contribution in [0.15, 0.2) is 47.8 Å². The minimum atomic E-state index is -0.762.